The first-order valence-electron chi connectivity index (χ1n) is 20.8. The quantitative estimate of drug-likeness (QED) is 0.173. The highest BCUT2D eigenvalue weighted by Crippen LogP contribution is 2.53. The van der Waals surface area contributed by atoms with Gasteiger partial charge in [0.2, 0.25) is 0 Å². The highest BCUT2D eigenvalue weighted by Gasteiger charge is 2.36. The summed E-state index contributed by atoms with van der Waals surface area (Å²) < 4.78 is 5.18. The Bertz CT molecular complexity index is 3760. The van der Waals surface area contributed by atoms with E-state index in [1.54, 1.807) is 0 Å². The van der Waals surface area contributed by atoms with E-state index in [4.69, 9.17) is 0 Å². The third-order valence-electron chi connectivity index (χ3n) is 13.3. The molecule has 0 atom stereocenters. The Balaban J connectivity index is 1.15. The molecular weight excluding hydrogens is 745 g/mol. The first-order valence-corrected chi connectivity index (χ1v) is 21.7. The molecule has 0 spiro atoms. The Kier molecular flexibility index (Phi) is 6.98. The topological polar surface area (TPSA) is 8.17 Å². The molecule has 0 N–H and O–H groups in total. The van der Waals surface area contributed by atoms with Gasteiger partial charge in [0, 0.05) is 54.1 Å². The number of anilines is 3. The Hall–Kier alpha value is -7.20. The average Bonchev–Trinajstić information content (AvgIpc) is 3.93. The van der Waals surface area contributed by atoms with Crippen LogP contribution in [-0.4, -0.2) is 4.57 Å². The first-order chi connectivity index (χ1) is 29.5. The van der Waals surface area contributed by atoms with Crippen molar-refractivity contribution in [1.82, 2.24) is 4.57 Å². The Morgan fingerprint density at radius 2 is 1.10 bits per heavy atom. The van der Waals surface area contributed by atoms with Crippen molar-refractivity contribution in [3.05, 3.63) is 205 Å². The zero-order valence-corrected chi connectivity index (χ0v) is 34.1. The predicted octanol–water partition coefficient (Wildman–Crippen LogP) is 16.4. The Labute approximate surface area is 351 Å². The van der Waals surface area contributed by atoms with Crippen LogP contribution in [0.5, 0.6) is 0 Å². The van der Waals surface area contributed by atoms with Gasteiger partial charge < -0.3 is 9.47 Å². The van der Waals surface area contributed by atoms with Crippen molar-refractivity contribution in [2.24, 2.45) is 0 Å². The molecule has 0 bridgehead atoms. The van der Waals surface area contributed by atoms with Crippen LogP contribution in [0.2, 0.25) is 0 Å². The molecule has 10 aromatic carbocycles. The van der Waals surface area contributed by atoms with Gasteiger partial charge in [0.25, 0.3) is 0 Å². The summed E-state index contributed by atoms with van der Waals surface area (Å²) in [7, 11) is 0. The lowest BCUT2D eigenvalue weighted by atomic mass is 9.82. The van der Waals surface area contributed by atoms with Crippen molar-refractivity contribution in [3.8, 4) is 16.8 Å². The normalized spacial score (nSPS) is 13.3. The van der Waals surface area contributed by atoms with Gasteiger partial charge in [-0.3, -0.25) is 0 Å². The number of nitrogens with zero attached hydrogens (tertiary/aromatic N) is 2. The summed E-state index contributed by atoms with van der Waals surface area (Å²) in [6.07, 6.45) is 0. The van der Waals surface area contributed by atoms with E-state index in [0.717, 1.165) is 17.1 Å². The molecule has 2 aromatic heterocycles. The van der Waals surface area contributed by atoms with Crippen molar-refractivity contribution in [1.29, 1.82) is 0 Å². The zero-order valence-electron chi connectivity index (χ0n) is 33.3. The highest BCUT2D eigenvalue weighted by atomic mass is 32.1. The van der Waals surface area contributed by atoms with Gasteiger partial charge in [-0.1, -0.05) is 153 Å². The third-order valence-corrected chi connectivity index (χ3v) is 14.5. The van der Waals surface area contributed by atoms with Crippen LogP contribution in [0.3, 0.4) is 0 Å². The van der Waals surface area contributed by atoms with Gasteiger partial charge in [-0.05, 0) is 104 Å². The van der Waals surface area contributed by atoms with Crippen molar-refractivity contribution >= 4 is 103 Å². The summed E-state index contributed by atoms with van der Waals surface area (Å²) in [4.78, 5) is 2.50. The van der Waals surface area contributed by atoms with Gasteiger partial charge in [0.1, 0.15) is 0 Å². The summed E-state index contributed by atoms with van der Waals surface area (Å²) in [5.74, 6) is 0. The maximum absolute atomic E-state index is 2.54. The molecule has 0 saturated heterocycles. The molecule has 1 aliphatic rings. The fourth-order valence-corrected chi connectivity index (χ4v) is 11.8. The largest absolute Gasteiger partial charge is 0.310 e. The van der Waals surface area contributed by atoms with Gasteiger partial charge in [0.15, 0.2) is 0 Å². The molecule has 282 valence electrons. The highest BCUT2D eigenvalue weighted by molar-refractivity contribution is 7.27. The fraction of sp³-hybridized carbons (Fsp3) is 0.0526. The zero-order chi connectivity index (χ0) is 39.7. The number of aromatic nitrogens is 1. The van der Waals surface area contributed by atoms with E-state index in [-0.39, 0.29) is 5.41 Å². The standard InChI is InChI=1S/C57H38N2S/c1-57(2)48-23-11-9-19-42(48)43-30-28-40(34-49(43)57)58(50-24-13-17-36-15-5-6-18-41(36)50)39-29-31-51-47(33-39)53-44-20-7-8-21-45(44)54-46-22-10-12-25-52(46)60-56(54)55(53)59(51)38-27-26-35-14-3-4-16-37(35)32-38/h3-34H,1-2H3. The van der Waals surface area contributed by atoms with E-state index in [0.29, 0.717) is 0 Å². The van der Waals surface area contributed by atoms with Gasteiger partial charge in [-0.25, -0.2) is 0 Å². The maximum Gasteiger partial charge on any atom is 0.0726 e. The minimum Gasteiger partial charge on any atom is -0.310 e. The van der Waals surface area contributed by atoms with E-state index in [9.17, 15) is 0 Å². The number of fused-ring (bicyclic) bond motifs is 15. The molecule has 2 heterocycles. The van der Waals surface area contributed by atoms with Crippen LogP contribution in [-0.2, 0) is 5.41 Å². The second kappa shape index (κ2) is 12.4. The molecular formula is C57H38N2S. The molecule has 0 amide bonds. The van der Waals surface area contributed by atoms with Gasteiger partial charge >= 0.3 is 0 Å². The molecule has 0 saturated carbocycles. The van der Waals surface area contributed by atoms with E-state index in [1.807, 2.05) is 11.3 Å². The smallest absolute Gasteiger partial charge is 0.0726 e. The van der Waals surface area contributed by atoms with Crippen LogP contribution in [0.25, 0.3) is 91.1 Å². The molecule has 13 rings (SSSR count). The molecule has 60 heavy (non-hydrogen) atoms. The van der Waals surface area contributed by atoms with Crippen molar-refractivity contribution in [2.45, 2.75) is 19.3 Å². The minimum absolute atomic E-state index is 0.127. The summed E-state index contributed by atoms with van der Waals surface area (Å²) in [6, 6.07) is 72.4. The molecule has 0 radical (unpaired) electrons. The maximum atomic E-state index is 2.54. The second-order valence-corrected chi connectivity index (χ2v) is 17.9. The molecule has 0 aliphatic heterocycles. The van der Waals surface area contributed by atoms with Crippen molar-refractivity contribution in [2.75, 3.05) is 4.90 Å². The van der Waals surface area contributed by atoms with Crippen LogP contribution in [0.4, 0.5) is 17.1 Å². The molecule has 2 nitrogen and oxygen atoms in total. The predicted molar refractivity (Wildman–Crippen MR) is 258 cm³/mol. The molecule has 12 aromatic rings. The van der Waals surface area contributed by atoms with Crippen molar-refractivity contribution in [3.63, 3.8) is 0 Å². The lowest BCUT2D eigenvalue weighted by Crippen LogP contribution is -2.16. The summed E-state index contributed by atoms with van der Waals surface area (Å²) in [6.45, 7) is 4.74. The van der Waals surface area contributed by atoms with Crippen LogP contribution < -0.4 is 4.90 Å². The van der Waals surface area contributed by atoms with Crippen LogP contribution in [0.1, 0.15) is 25.0 Å². The average molecular weight is 783 g/mol. The lowest BCUT2D eigenvalue weighted by molar-refractivity contribution is 0.660. The first kappa shape index (κ1) is 33.7. The van der Waals surface area contributed by atoms with Crippen molar-refractivity contribution < 1.29 is 0 Å². The summed E-state index contributed by atoms with van der Waals surface area (Å²) in [5.41, 5.74) is 12.4. The van der Waals surface area contributed by atoms with Gasteiger partial charge in [0.05, 0.1) is 21.4 Å². The number of thiophene rings is 1. The van der Waals surface area contributed by atoms with Gasteiger partial charge in [-0.2, -0.15) is 0 Å². The molecule has 3 heteroatoms. The van der Waals surface area contributed by atoms with E-state index < -0.39 is 0 Å². The number of rotatable bonds is 4. The van der Waals surface area contributed by atoms with E-state index in [1.165, 1.54) is 102 Å². The van der Waals surface area contributed by atoms with Gasteiger partial charge in [-0.15, -0.1) is 11.3 Å². The number of hydrogen-bond acceptors (Lipinski definition) is 2. The second-order valence-electron chi connectivity index (χ2n) is 16.9. The Morgan fingerprint density at radius 1 is 0.450 bits per heavy atom. The van der Waals surface area contributed by atoms with E-state index >= 15 is 0 Å². The summed E-state index contributed by atoms with van der Waals surface area (Å²) in [5, 5.41) is 12.7. The number of hydrogen-bond donors (Lipinski definition) is 0. The van der Waals surface area contributed by atoms with Crippen LogP contribution in [0.15, 0.2) is 194 Å². The lowest BCUT2D eigenvalue weighted by Gasteiger charge is -2.29. The SMILES string of the molecule is CC1(C)c2ccccc2-c2ccc(N(c3ccc4c(c3)c3c5ccccc5c5c6ccccc6sc5c3n4-c3ccc4ccccc4c3)c3cccc4ccccc34)cc21. The minimum atomic E-state index is -0.127. The third kappa shape index (κ3) is 4.64. The Morgan fingerprint density at radius 3 is 1.97 bits per heavy atom. The monoisotopic (exact) mass is 782 g/mol. The van der Waals surface area contributed by atoms with E-state index in [2.05, 4.69) is 217 Å². The number of benzene rings is 10. The molecule has 0 unspecified atom stereocenters. The molecule has 0 fully saturated rings. The molecule has 1 aliphatic carbocycles. The summed E-state index contributed by atoms with van der Waals surface area (Å²) >= 11 is 1.91. The fourth-order valence-electron chi connectivity index (χ4n) is 10.6. The van der Waals surface area contributed by atoms with Crippen LogP contribution >= 0.6 is 11.3 Å². The van der Waals surface area contributed by atoms with Crippen LogP contribution in [0, 0.1) is 0 Å².